The maximum Gasteiger partial charge on any atom is 0.0329 e. The molecule has 0 bridgehead atoms. The van der Waals surface area contributed by atoms with Crippen molar-refractivity contribution in [3.8, 4) is 0 Å². The number of thioether (sulfide) groups is 2. The lowest BCUT2D eigenvalue weighted by molar-refractivity contribution is 1.50. The Balaban J connectivity index is 0.000000222. The van der Waals surface area contributed by atoms with E-state index < -0.39 is 0 Å². The molecule has 1 saturated heterocycles. The summed E-state index contributed by atoms with van der Waals surface area (Å²) in [6.45, 7) is 7.78. The van der Waals surface area contributed by atoms with Crippen molar-refractivity contribution in [1.29, 1.82) is 0 Å². The quantitative estimate of drug-likeness (QED) is 0.518. The summed E-state index contributed by atoms with van der Waals surface area (Å²) in [5.41, 5.74) is 0. The second kappa shape index (κ2) is 5.57. The molecule has 8 heavy (non-hydrogen) atoms. The fourth-order valence-corrected chi connectivity index (χ4v) is 2.31. The van der Waals surface area contributed by atoms with Crippen LogP contribution in [0.5, 0.6) is 0 Å². The Kier molecular flexibility index (Phi) is 5.88. The van der Waals surface area contributed by atoms with Crippen molar-refractivity contribution in [2.45, 2.75) is 13.8 Å². The monoisotopic (exact) mass is 148 g/mol. The van der Waals surface area contributed by atoms with E-state index in [1.807, 2.05) is 37.4 Å². The van der Waals surface area contributed by atoms with Crippen LogP contribution in [0.1, 0.15) is 13.8 Å². The van der Waals surface area contributed by atoms with E-state index in [-0.39, 0.29) is 0 Å². The van der Waals surface area contributed by atoms with Gasteiger partial charge in [-0.3, -0.25) is 0 Å². The minimum atomic E-state index is 1.27. The molecule has 0 radical (unpaired) electrons. The van der Waals surface area contributed by atoms with Crippen LogP contribution in [0.3, 0.4) is 0 Å². The van der Waals surface area contributed by atoms with Crippen molar-refractivity contribution in [2.75, 3.05) is 11.5 Å². The highest BCUT2D eigenvalue weighted by Crippen LogP contribution is 2.33. The topological polar surface area (TPSA) is 0 Å². The van der Waals surface area contributed by atoms with Gasteiger partial charge in [-0.05, 0) is 0 Å². The highest BCUT2D eigenvalue weighted by molar-refractivity contribution is 8.25. The fourth-order valence-electron chi connectivity index (χ4n) is 0.353. The van der Waals surface area contributed by atoms with Gasteiger partial charge in [-0.2, -0.15) is 0 Å². The highest BCUT2D eigenvalue weighted by Gasteiger charge is 2.02. The zero-order valence-corrected chi connectivity index (χ0v) is 7.07. The molecule has 0 nitrogen and oxygen atoms in total. The SMILES string of the molecule is C=C1SCCS1.CC. The lowest BCUT2D eigenvalue weighted by Gasteiger charge is -1.79. The first kappa shape index (κ1) is 8.44. The second-order valence-corrected chi connectivity index (χ2v) is 3.71. The van der Waals surface area contributed by atoms with Crippen LogP contribution in [-0.2, 0) is 0 Å². The molecule has 0 unspecified atom stereocenters. The van der Waals surface area contributed by atoms with Crippen molar-refractivity contribution >= 4 is 23.5 Å². The van der Waals surface area contributed by atoms with Gasteiger partial charge in [-0.25, -0.2) is 0 Å². The molecule has 1 fully saturated rings. The summed E-state index contributed by atoms with van der Waals surface area (Å²) in [6, 6.07) is 0. The van der Waals surface area contributed by atoms with Gasteiger partial charge >= 0.3 is 0 Å². The third kappa shape index (κ3) is 3.44. The average molecular weight is 148 g/mol. The molecular weight excluding hydrogens is 136 g/mol. The average Bonchev–Trinajstić information content (AvgIpc) is 2.24. The van der Waals surface area contributed by atoms with Gasteiger partial charge in [0, 0.05) is 15.7 Å². The first-order valence-corrected chi connectivity index (χ1v) is 4.81. The molecule has 1 aliphatic heterocycles. The van der Waals surface area contributed by atoms with E-state index in [0.29, 0.717) is 0 Å². The van der Waals surface area contributed by atoms with Crippen molar-refractivity contribution < 1.29 is 0 Å². The van der Waals surface area contributed by atoms with Gasteiger partial charge in [0.15, 0.2) is 0 Å². The first-order valence-electron chi connectivity index (χ1n) is 2.84. The summed E-state index contributed by atoms with van der Waals surface area (Å²) in [6.07, 6.45) is 0. The molecule has 0 atom stereocenters. The summed E-state index contributed by atoms with van der Waals surface area (Å²) >= 11 is 3.73. The minimum Gasteiger partial charge on any atom is -0.119 e. The normalized spacial score (nSPS) is 17.5. The molecule has 0 aliphatic carbocycles. The van der Waals surface area contributed by atoms with E-state index in [9.17, 15) is 0 Å². The predicted octanol–water partition coefficient (Wildman–Crippen LogP) is 2.96. The Morgan fingerprint density at radius 1 is 1.25 bits per heavy atom. The fraction of sp³-hybridized carbons (Fsp3) is 0.667. The molecule has 1 rings (SSSR count). The van der Waals surface area contributed by atoms with Crippen molar-refractivity contribution in [1.82, 2.24) is 0 Å². The largest absolute Gasteiger partial charge is 0.119 e. The van der Waals surface area contributed by atoms with Gasteiger partial charge in [0.2, 0.25) is 0 Å². The Morgan fingerprint density at radius 3 is 1.75 bits per heavy atom. The Morgan fingerprint density at radius 2 is 1.62 bits per heavy atom. The molecule has 1 heterocycles. The minimum absolute atomic E-state index is 1.27. The standard InChI is InChI=1S/C4H6S2.C2H6/c1-4-5-2-3-6-4;1-2/h1-3H2;1-2H3. The number of hydrogen-bond donors (Lipinski definition) is 0. The van der Waals surface area contributed by atoms with Crippen LogP contribution in [0.2, 0.25) is 0 Å². The summed E-state index contributed by atoms with van der Waals surface area (Å²) < 4.78 is 1.29. The predicted molar refractivity (Wildman–Crippen MR) is 45.4 cm³/mol. The van der Waals surface area contributed by atoms with Crippen molar-refractivity contribution in [3.05, 3.63) is 10.8 Å². The van der Waals surface area contributed by atoms with Gasteiger partial charge in [-0.15, -0.1) is 23.5 Å². The smallest absolute Gasteiger partial charge is 0.0329 e. The van der Waals surface area contributed by atoms with Gasteiger partial charge in [0.25, 0.3) is 0 Å². The van der Waals surface area contributed by atoms with Crippen LogP contribution in [0.15, 0.2) is 10.8 Å². The number of rotatable bonds is 0. The molecule has 0 N–H and O–H groups in total. The zero-order chi connectivity index (χ0) is 6.41. The maximum absolute atomic E-state index is 3.78. The van der Waals surface area contributed by atoms with Gasteiger partial charge in [-0.1, -0.05) is 20.4 Å². The zero-order valence-electron chi connectivity index (χ0n) is 5.44. The van der Waals surface area contributed by atoms with E-state index in [0.717, 1.165) is 0 Å². The maximum atomic E-state index is 3.78. The first-order chi connectivity index (χ1) is 3.89. The van der Waals surface area contributed by atoms with Crippen molar-refractivity contribution in [3.63, 3.8) is 0 Å². The molecule has 48 valence electrons. The van der Waals surface area contributed by atoms with Crippen LogP contribution in [0.25, 0.3) is 0 Å². The molecule has 0 aromatic carbocycles. The molecular formula is C6H12S2. The van der Waals surface area contributed by atoms with Gasteiger partial charge < -0.3 is 0 Å². The Bertz CT molecular complexity index is 60.9. The Labute approximate surface area is 60.1 Å². The third-order valence-electron chi connectivity index (χ3n) is 0.609. The van der Waals surface area contributed by atoms with Crippen LogP contribution in [0, 0.1) is 0 Å². The van der Waals surface area contributed by atoms with Gasteiger partial charge in [0.05, 0.1) is 0 Å². The molecule has 1 aliphatic rings. The lowest BCUT2D eigenvalue weighted by Crippen LogP contribution is -1.64. The molecule has 0 amide bonds. The summed E-state index contributed by atoms with van der Waals surface area (Å²) in [5, 5.41) is 0. The molecule has 0 spiro atoms. The second-order valence-electron chi connectivity index (χ2n) is 1.07. The summed E-state index contributed by atoms with van der Waals surface area (Å²) in [4.78, 5) is 0. The summed E-state index contributed by atoms with van der Waals surface area (Å²) in [5.74, 6) is 2.53. The van der Waals surface area contributed by atoms with E-state index in [1.54, 1.807) is 0 Å². The highest BCUT2D eigenvalue weighted by atomic mass is 32.2. The number of hydrogen-bond acceptors (Lipinski definition) is 2. The van der Waals surface area contributed by atoms with Crippen LogP contribution >= 0.6 is 23.5 Å². The van der Waals surface area contributed by atoms with E-state index in [2.05, 4.69) is 6.58 Å². The molecule has 0 aromatic rings. The van der Waals surface area contributed by atoms with E-state index in [4.69, 9.17) is 0 Å². The van der Waals surface area contributed by atoms with Crippen LogP contribution < -0.4 is 0 Å². The van der Waals surface area contributed by atoms with E-state index >= 15 is 0 Å². The summed E-state index contributed by atoms with van der Waals surface area (Å²) in [7, 11) is 0. The molecule has 2 heteroatoms. The van der Waals surface area contributed by atoms with Gasteiger partial charge in [0.1, 0.15) is 0 Å². The van der Waals surface area contributed by atoms with Crippen LogP contribution in [-0.4, -0.2) is 11.5 Å². The lowest BCUT2D eigenvalue weighted by atomic mass is 11.0. The van der Waals surface area contributed by atoms with E-state index in [1.165, 1.54) is 15.7 Å². The molecule has 0 saturated carbocycles. The third-order valence-corrected chi connectivity index (χ3v) is 3.04. The molecule has 0 aromatic heterocycles. The Hall–Kier alpha value is 0.440. The van der Waals surface area contributed by atoms with Crippen LogP contribution in [0.4, 0.5) is 0 Å². The van der Waals surface area contributed by atoms with Crippen molar-refractivity contribution in [2.24, 2.45) is 0 Å².